The topological polar surface area (TPSA) is 12.9 Å². The fourth-order valence-electron chi connectivity index (χ4n) is 1.17. The van der Waals surface area contributed by atoms with Crippen molar-refractivity contribution < 1.29 is 8.78 Å². The molecule has 0 aliphatic carbocycles. The molecule has 0 radical (unpaired) electrons. The van der Waals surface area contributed by atoms with Crippen LogP contribution in [0.1, 0.15) is 0 Å². The first-order valence-corrected chi connectivity index (χ1v) is 4.44. The lowest BCUT2D eigenvalue weighted by atomic mass is 10.2. The van der Waals surface area contributed by atoms with Gasteiger partial charge in [-0.2, -0.15) is 0 Å². The Morgan fingerprint density at radius 3 is 2.43 bits per heavy atom. The summed E-state index contributed by atoms with van der Waals surface area (Å²) >= 11 is 11.4. The van der Waals surface area contributed by atoms with Crippen molar-refractivity contribution in [3.63, 3.8) is 0 Å². The van der Waals surface area contributed by atoms with Crippen LogP contribution in [-0.4, -0.2) is 4.98 Å². The highest BCUT2D eigenvalue weighted by Crippen LogP contribution is 2.31. The van der Waals surface area contributed by atoms with Crippen LogP contribution in [0.25, 0.3) is 10.9 Å². The highest BCUT2D eigenvalue weighted by atomic mass is 35.5. The van der Waals surface area contributed by atoms with Crippen LogP contribution in [0.3, 0.4) is 0 Å². The molecule has 0 fully saturated rings. The van der Waals surface area contributed by atoms with Crippen molar-refractivity contribution in [2.45, 2.75) is 0 Å². The third-order valence-electron chi connectivity index (χ3n) is 1.81. The lowest BCUT2D eigenvalue weighted by Crippen LogP contribution is -1.89. The first-order chi connectivity index (χ1) is 6.61. The third kappa shape index (κ3) is 1.33. The minimum atomic E-state index is -0.638. The summed E-state index contributed by atoms with van der Waals surface area (Å²) in [6.45, 7) is 0. The number of hydrogen-bond acceptors (Lipinski definition) is 1. The van der Waals surface area contributed by atoms with E-state index < -0.39 is 11.6 Å². The molecule has 0 saturated heterocycles. The van der Waals surface area contributed by atoms with E-state index >= 15 is 0 Å². The molecule has 5 heteroatoms. The standard InChI is InChI=1S/C9H3Cl2F2N/c10-4-3-14-9-6(13)2-1-5(12)7(9)8(4)11/h1-3H. The van der Waals surface area contributed by atoms with E-state index in [1.807, 2.05) is 0 Å². The van der Waals surface area contributed by atoms with Gasteiger partial charge in [-0.1, -0.05) is 23.2 Å². The van der Waals surface area contributed by atoms with Crippen LogP contribution >= 0.6 is 23.2 Å². The minimum absolute atomic E-state index is 0.0198. The van der Waals surface area contributed by atoms with Crippen molar-refractivity contribution >= 4 is 34.1 Å². The molecule has 14 heavy (non-hydrogen) atoms. The van der Waals surface area contributed by atoms with Gasteiger partial charge in [0.25, 0.3) is 0 Å². The number of nitrogens with zero attached hydrogens (tertiary/aromatic N) is 1. The summed E-state index contributed by atoms with van der Waals surface area (Å²) in [5.41, 5.74) is -0.112. The summed E-state index contributed by atoms with van der Waals surface area (Å²) < 4.78 is 26.4. The molecule has 0 saturated carbocycles. The Bertz CT molecular complexity index is 514. The van der Waals surface area contributed by atoms with E-state index in [1.54, 1.807) is 0 Å². The summed E-state index contributed by atoms with van der Waals surface area (Å²) in [6.07, 6.45) is 1.19. The minimum Gasteiger partial charge on any atom is -0.251 e. The molecular formula is C9H3Cl2F2N. The zero-order valence-corrected chi connectivity index (χ0v) is 8.20. The maximum Gasteiger partial charge on any atom is 0.149 e. The van der Waals surface area contributed by atoms with Crippen molar-refractivity contribution in [2.75, 3.05) is 0 Å². The first-order valence-electron chi connectivity index (χ1n) is 3.69. The number of halogens is 4. The van der Waals surface area contributed by atoms with E-state index in [0.29, 0.717) is 0 Å². The average Bonchev–Trinajstić information content (AvgIpc) is 2.16. The van der Waals surface area contributed by atoms with E-state index in [1.165, 1.54) is 6.20 Å². The van der Waals surface area contributed by atoms with E-state index in [9.17, 15) is 8.78 Å². The maximum atomic E-state index is 13.3. The Morgan fingerprint density at radius 2 is 1.71 bits per heavy atom. The van der Waals surface area contributed by atoms with Gasteiger partial charge in [-0.15, -0.1) is 0 Å². The highest BCUT2D eigenvalue weighted by molar-refractivity contribution is 6.45. The van der Waals surface area contributed by atoms with Crippen LogP contribution in [-0.2, 0) is 0 Å². The molecule has 1 aromatic heterocycles. The summed E-state index contributed by atoms with van der Waals surface area (Å²) in [7, 11) is 0. The zero-order chi connectivity index (χ0) is 10.3. The number of benzene rings is 1. The molecule has 0 spiro atoms. The summed E-state index contributed by atoms with van der Waals surface area (Å²) in [5, 5.41) is -0.00324. The number of aromatic nitrogens is 1. The number of fused-ring (bicyclic) bond motifs is 1. The second-order valence-electron chi connectivity index (χ2n) is 2.67. The Hall–Kier alpha value is -0.930. The average molecular weight is 234 g/mol. The van der Waals surface area contributed by atoms with Gasteiger partial charge in [-0.05, 0) is 12.1 Å². The van der Waals surface area contributed by atoms with Crippen molar-refractivity contribution in [1.82, 2.24) is 4.98 Å². The van der Waals surface area contributed by atoms with Gasteiger partial charge >= 0.3 is 0 Å². The molecular weight excluding hydrogens is 231 g/mol. The van der Waals surface area contributed by atoms with Crippen molar-refractivity contribution in [3.8, 4) is 0 Å². The lowest BCUT2D eigenvalue weighted by molar-refractivity contribution is 0.615. The van der Waals surface area contributed by atoms with Gasteiger partial charge in [0.1, 0.15) is 17.2 Å². The summed E-state index contributed by atoms with van der Waals surface area (Å²) in [4.78, 5) is 3.67. The monoisotopic (exact) mass is 233 g/mol. The fourth-order valence-corrected chi connectivity index (χ4v) is 1.55. The van der Waals surface area contributed by atoms with Crippen molar-refractivity contribution in [1.29, 1.82) is 0 Å². The Morgan fingerprint density at radius 1 is 1.07 bits per heavy atom. The van der Waals surface area contributed by atoms with E-state index in [2.05, 4.69) is 4.98 Å². The fraction of sp³-hybridized carbons (Fsp3) is 0. The molecule has 0 bridgehead atoms. The molecule has 1 heterocycles. The quantitative estimate of drug-likeness (QED) is 0.675. The Labute approximate surface area is 88.3 Å². The van der Waals surface area contributed by atoms with Crippen LogP contribution in [0.2, 0.25) is 10.0 Å². The van der Waals surface area contributed by atoms with E-state index in [-0.39, 0.29) is 20.9 Å². The third-order valence-corrected chi connectivity index (χ3v) is 2.59. The predicted molar refractivity (Wildman–Crippen MR) is 51.7 cm³/mol. The van der Waals surface area contributed by atoms with Crippen LogP contribution in [0.5, 0.6) is 0 Å². The lowest BCUT2D eigenvalue weighted by Gasteiger charge is -2.03. The first kappa shape index (κ1) is 9.62. The Kier molecular flexibility index (Phi) is 2.29. The normalized spacial score (nSPS) is 10.9. The molecule has 0 unspecified atom stereocenters. The molecule has 0 aliphatic heterocycles. The van der Waals surface area contributed by atoms with Crippen molar-refractivity contribution in [3.05, 3.63) is 40.0 Å². The van der Waals surface area contributed by atoms with Crippen molar-refractivity contribution in [2.24, 2.45) is 0 Å². The molecule has 0 amide bonds. The Balaban J connectivity index is 3.01. The summed E-state index contributed by atoms with van der Waals surface area (Å²) in [5.74, 6) is -1.26. The molecule has 72 valence electrons. The maximum absolute atomic E-state index is 13.3. The number of hydrogen-bond donors (Lipinski definition) is 0. The van der Waals surface area contributed by atoms with Crippen LogP contribution in [0, 0.1) is 11.6 Å². The molecule has 1 nitrogen and oxygen atoms in total. The van der Waals surface area contributed by atoms with Crippen LogP contribution in [0.4, 0.5) is 8.78 Å². The van der Waals surface area contributed by atoms with Gasteiger partial charge in [0.05, 0.1) is 15.4 Å². The summed E-state index contributed by atoms with van der Waals surface area (Å²) in [6, 6.07) is 1.98. The molecule has 0 atom stereocenters. The van der Waals surface area contributed by atoms with Gasteiger partial charge in [0.2, 0.25) is 0 Å². The van der Waals surface area contributed by atoms with Crippen LogP contribution < -0.4 is 0 Å². The van der Waals surface area contributed by atoms with Gasteiger partial charge < -0.3 is 0 Å². The zero-order valence-electron chi connectivity index (χ0n) is 6.69. The number of rotatable bonds is 0. The number of pyridine rings is 1. The largest absolute Gasteiger partial charge is 0.251 e. The SMILES string of the molecule is Fc1ccc(F)c2c(Cl)c(Cl)cnc12. The van der Waals surface area contributed by atoms with E-state index in [4.69, 9.17) is 23.2 Å². The molecule has 0 aliphatic rings. The van der Waals surface area contributed by atoms with Gasteiger partial charge in [0.15, 0.2) is 0 Å². The molecule has 1 aromatic carbocycles. The van der Waals surface area contributed by atoms with Gasteiger partial charge in [-0.25, -0.2) is 8.78 Å². The molecule has 2 rings (SSSR count). The molecule has 2 aromatic rings. The highest BCUT2D eigenvalue weighted by Gasteiger charge is 2.12. The smallest absolute Gasteiger partial charge is 0.149 e. The molecule has 0 N–H and O–H groups in total. The van der Waals surface area contributed by atoms with Gasteiger partial charge in [-0.3, -0.25) is 4.98 Å². The van der Waals surface area contributed by atoms with Gasteiger partial charge in [0, 0.05) is 6.20 Å². The van der Waals surface area contributed by atoms with Crippen LogP contribution in [0.15, 0.2) is 18.3 Å². The second-order valence-corrected chi connectivity index (χ2v) is 3.46. The van der Waals surface area contributed by atoms with E-state index in [0.717, 1.165) is 12.1 Å². The predicted octanol–water partition coefficient (Wildman–Crippen LogP) is 3.82. The second kappa shape index (κ2) is 3.33.